The van der Waals surface area contributed by atoms with E-state index in [9.17, 15) is 0 Å². The molecule has 1 N–H and O–H groups in total. The highest BCUT2D eigenvalue weighted by molar-refractivity contribution is 14.1. The molecule has 0 fully saturated rings. The largest absolute Gasteiger partial charge is 0.390 e. The molecule has 0 aromatic carbocycles. The average molecular weight is 274 g/mol. The fraction of sp³-hybridized carbons (Fsp3) is 0.125. The molecule has 0 saturated heterocycles. The van der Waals surface area contributed by atoms with Gasteiger partial charge in [0.15, 0.2) is 0 Å². The van der Waals surface area contributed by atoms with Crippen molar-refractivity contribution in [3.8, 4) is 0 Å². The minimum atomic E-state index is -0.00173. The zero-order valence-corrected chi connectivity index (χ0v) is 8.39. The third kappa shape index (κ3) is 1.32. The fourth-order valence-electron chi connectivity index (χ4n) is 1.09. The molecule has 2 heterocycles. The lowest BCUT2D eigenvalue weighted by Crippen LogP contribution is -1.81. The molecule has 0 aliphatic rings. The zero-order valence-electron chi connectivity index (χ0n) is 6.24. The molecule has 0 unspecified atom stereocenters. The Bertz CT molecular complexity index is 410. The predicted octanol–water partition coefficient (Wildman–Crippen LogP) is 1.43. The highest BCUT2D eigenvalue weighted by Crippen LogP contribution is 2.09. The molecule has 4 heteroatoms. The van der Waals surface area contributed by atoms with Gasteiger partial charge in [-0.1, -0.05) is 0 Å². The SMILES string of the molecule is OCc1cn2ccc(I)cc2n1. The molecule has 0 spiro atoms. The van der Waals surface area contributed by atoms with E-state index in [0.717, 1.165) is 9.22 Å². The second kappa shape index (κ2) is 3.02. The Balaban J connectivity index is 2.67. The van der Waals surface area contributed by atoms with Gasteiger partial charge in [-0.2, -0.15) is 0 Å². The molecule has 2 aromatic heterocycles. The van der Waals surface area contributed by atoms with Crippen LogP contribution < -0.4 is 0 Å². The van der Waals surface area contributed by atoms with Gasteiger partial charge in [-0.3, -0.25) is 0 Å². The molecule has 0 atom stereocenters. The Morgan fingerprint density at radius 2 is 2.42 bits per heavy atom. The van der Waals surface area contributed by atoms with Crippen molar-refractivity contribution in [3.63, 3.8) is 0 Å². The van der Waals surface area contributed by atoms with Crippen molar-refractivity contribution in [1.29, 1.82) is 0 Å². The fourth-order valence-corrected chi connectivity index (χ4v) is 1.53. The van der Waals surface area contributed by atoms with Crippen LogP contribution in [0.5, 0.6) is 0 Å². The molecule has 0 saturated carbocycles. The van der Waals surface area contributed by atoms with Gasteiger partial charge in [0.1, 0.15) is 5.65 Å². The summed E-state index contributed by atoms with van der Waals surface area (Å²) in [6.07, 6.45) is 3.76. The summed E-state index contributed by atoms with van der Waals surface area (Å²) in [5.74, 6) is 0. The number of fused-ring (bicyclic) bond motifs is 1. The normalized spacial score (nSPS) is 10.8. The number of pyridine rings is 1. The van der Waals surface area contributed by atoms with Gasteiger partial charge in [-0.25, -0.2) is 4.98 Å². The first kappa shape index (κ1) is 8.00. The summed E-state index contributed by atoms with van der Waals surface area (Å²) in [6, 6.07) is 3.97. The average Bonchev–Trinajstić information content (AvgIpc) is 2.46. The van der Waals surface area contributed by atoms with Gasteiger partial charge >= 0.3 is 0 Å². The zero-order chi connectivity index (χ0) is 8.55. The number of aromatic nitrogens is 2. The molecule has 0 bridgehead atoms. The quantitative estimate of drug-likeness (QED) is 0.799. The van der Waals surface area contributed by atoms with E-state index in [1.54, 1.807) is 0 Å². The smallest absolute Gasteiger partial charge is 0.138 e. The van der Waals surface area contributed by atoms with Crippen LogP contribution >= 0.6 is 22.6 Å². The van der Waals surface area contributed by atoms with E-state index in [-0.39, 0.29) is 6.61 Å². The van der Waals surface area contributed by atoms with E-state index >= 15 is 0 Å². The number of hydrogen-bond acceptors (Lipinski definition) is 2. The second-order valence-corrected chi connectivity index (χ2v) is 3.75. The Hall–Kier alpha value is -0.620. The first-order chi connectivity index (χ1) is 5.79. The Morgan fingerprint density at radius 3 is 3.17 bits per heavy atom. The number of rotatable bonds is 1. The van der Waals surface area contributed by atoms with Gasteiger partial charge in [0.2, 0.25) is 0 Å². The Morgan fingerprint density at radius 1 is 1.58 bits per heavy atom. The number of aliphatic hydroxyl groups is 1. The Kier molecular flexibility index (Phi) is 2.02. The van der Waals surface area contributed by atoms with Crippen LogP contribution in [0.15, 0.2) is 24.5 Å². The standard InChI is InChI=1S/C8H7IN2O/c9-6-1-2-11-4-7(5-12)10-8(11)3-6/h1-4,12H,5H2. The van der Waals surface area contributed by atoms with Crippen LogP contribution in [-0.2, 0) is 6.61 Å². The topological polar surface area (TPSA) is 37.5 Å². The lowest BCUT2D eigenvalue weighted by molar-refractivity contribution is 0.277. The number of hydrogen-bond donors (Lipinski definition) is 1. The van der Waals surface area contributed by atoms with Crippen molar-refractivity contribution in [2.45, 2.75) is 6.61 Å². The van der Waals surface area contributed by atoms with Crippen LogP contribution in [0.2, 0.25) is 0 Å². The van der Waals surface area contributed by atoms with E-state index in [2.05, 4.69) is 27.6 Å². The summed E-state index contributed by atoms with van der Waals surface area (Å²) in [4.78, 5) is 4.20. The minimum absolute atomic E-state index is 0.00173. The monoisotopic (exact) mass is 274 g/mol. The van der Waals surface area contributed by atoms with Crippen LogP contribution in [0.25, 0.3) is 5.65 Å². The maximum Gasteiger partial charge on any atom is 0.138 e. The molecule has 0 amide bonds. The van der Waals surface area contributed by atoms with E-state index in [1.165, 1.54) is 0 Å². The van der Waals surface area contributed by atoms with Gasteiger partial charge in [0.05, 0.1) is 12.3 Å². The third-order valence-corrected chi connectivity index (χ3v) is 2.31. The van der Waals surface area contributed by atoms with Gasteiger partial charge in [-0.05, 0) is 34.7 Å². The Labute approximate surface area is 83.2 Å². The van der Waals surface area contributed by atoms with Crippen molar-refractivity contribution in [1.82, 2.24) is 9.38 Å². The second-order valence-electron chi connectivity index (χ2n) is 2.50. The summed E-state index contributed by atoms with van der Waals surface area (Å²) in [7, 11) is 0. The van der Waals surface area contributed by atoms with Crippen LogP contribution in [0, 0.1) is 3.57 Å². The predicted molar refractivity (Wildman–Crippen MR) is 53.8 cm³/mol. The highest BCUT2D eigenvalue weighted by atomic mass is 127. The molecule has 0 aliphatic carbocycles. The first-order valence-electron chi connectivity index (χ1n) is 3.53. The summed E-state index contributed by atoms with van der Waals surface area (Å²) < 4.78 is 3.04. The van der Waals surface area contributed by atoms with E-state index in [4.69, 9.17) is 5.11 Å². The molecule has 0 aliphatic heterocycles. The maximum absolute atomic E-state index is 8.83. The van der Waals surface area contributed by atoms with Gasteiger partial charge in [0, 0.05) is 16.0 Å². The van der Waals surface area contributed by atoms with Crippen molar-refractivity contribution in [3.05, 3.63) is 33.8 Å². The van der Waals surface area contributed by atoms with Crippen molar-refractivity contribution in [2.24, 2.45) is 0 Å². The summed E-state index contributed by atoms with van der Waals surface area (Å²) in [5, 5.41) is 8.83. The van der Waals surface area contributed by atoms with Crippen LogP contribution in [0.1, 0.15) is 5.69 Å². The molecule has 3 nitrogen and oxygen atoms in total. The number of nitrogens with zero attached hydrogens (tertiary/aromatic N) is 2. The number of imidazole rings is 1. The minimum Gasteiger partial charge on any atom is -0.390 e. The molecule has 0 radical (unpaired) electrons. The third-order valence-electron chi connectivity index (χ3n) is 1.63. The van der Waals surface area contributed by atoms with Crippen LogP contribution in [0.4, 0.5) is 0 Å². The van der Waals surface area contributed by atoms with Gasteiger partial charge in [-0.15, -0.1) is 0 Å². The first-order valence-corrected chi connectivity index (χ1v) is 4.61. The van der Waals surface area contributed by atoms with Crippen LogP contribution in [0.3, 0.4) is 0 Å². The molecule has 2 rings (SSSR count). The highest BCUT2D eigenvalue weighted by Gasteiger charge is 1.99. The maximum atomic E-state index is 8.83. The summed E-state index contributed by atoms with van der Waals surface area (Å²) in [5.41, 5.74) is 1.59. The lowest BCUT2D eigenvalue weighted by atomic mass is 10.5. The number of halogens is 1. The number of aliphatic hydroxyl groups excluding tert-OH is 1. The molecular weight excluding hydrogens is 267 g/mol. The molecule has 62 valence electrons. The van der Waals surface area contributed by atoms with Gasteiger partial charge < -0.3 is 9.51 Å². The van der Waals surface area contributed by atoms with Crippen molar-refractivity contribution < 1.29 is 5.11 Å². The van der Waals surface area contributed by atoms with E-state index in [1.807, 2.05) is 28.9 Å². The van der Waals surface area contributed by atoms with Crippen LogP contribution in [-0.4, -0.2) is 14.5 Å². The molecule has 2 aromatic rings. The van der Waals surface area contributed by atoms with E-state index in [0.29, 0.717) is 5.69 Å². The van der Waals surface area contributed by atoms with Gasteiger partial charge in [0.25, 0.3) is 0 Å². The van der Waals surface area contributed by atoms with E-state index < -0.39 is 0 Å². The summed E-state index contributed by atoms with van der Waals surface area (Å²) >= 11 is 2.23. The molecular formula is C8H7IN2O. The summed E-state index contributed by atoms with van der Waals surface area (Å²) in [6.45, 7) is -0.00173. The molecule has 12 heavy (non-hydrogen) atoms. The lowest BCUT2D eigenvalue weighted by Gasteiger charge is -1.91. The van der Waals surface area contributed by atoms with Crippen molar-refractivity contribution in [2.75, 3.05) is 0 Å². The van der Waals surface area contributed by atoms with Crippen molar-refractivity contribution >= 4 is 28.2 Å².